The Hall–Kier alpha value is -1.16. The average molecular weight is 393 g/mol. The molecule has 2 aromatic rings. The zero-order chi connectivity index (χ0) is 13.9. The highest BCUT2D eigenvalue weighted by Crippen LogP contribution is 2.20. The fraction of sp³-hybridized carbons (Fsp3) is 0.273. The van der Waals surface area contributed by atoms with Crippen molar-refractivity contribution in [2.75, 3.05) is 4.72 Å². The quantitative estimate of drug-likeness (QED) is 0.789. The molecule has 8 heteroatoms. The highest BCUT2D eigenvalue weighted by molar-refractivity contribution is 14.1. The summed E-state index contributed by atoms with van der Waals surface area (Å²) in [6, 6.07) is 6.56. The molecular formula is C11H12IN3O3S. The number of sulfonamides is 1. The molecule has 0 fully saturated rings. The molecule has 0 aliphatic rings. The Morgan fingerprint density at radius 2 is 2.05 bits per heavy atom. The van der Waals surface area contributed by atoms with E-state index in [1.165, 1.54) is 6.07 Å². The number of nitrogens with one attached hydrogen (secondary N) is 1. The van der Waals surface area contributed by atoms with Crippen LogP contribution in [0.1, 0.15) is 19.2 Å². The Bertz CT molecular complexity index is 669. The Labute approximate surface area is 124 Å². The maximum Gasteiger partial charge on any atom is 0.329 e. The van der Waals surface area contributed by atoms with Crippen LogP contribution >= 0.6 is 22.6 Å². The van der Waals surface area contributed by atoms with Crippen molar-refractivity contribution in [2.45, 2.75) is 24.7 Å². The maximum atomic E-state index is 12.1. The van der Waals surface area contributed by atoms with Crippen LogP contribution in [0.5, 0.6) is 0 Å². The van der Waals surface area contributed by atoms with Crippen molar-refractivity contribution in [2.24, 2.45) is 0 Å². The summed E-state index contributed by atoms with van der Waals surface area (Å²) in [6.07, 6.45) is 1.47. The van der Waals surface area contributed by atoms with E-state index in [-0.39, 0.29) is 10.9 Å². The number of halogens is 1. The lowest BCUT2D eigenvalue weighted by atomic mass is 10.3. The number of hydrogen-bond acceptors (Lipinski definition) is 5. The third-order valence-corrected chi connectivity index (χ3v) is 4.96. The van der Waals surface area contributed by atoms with Gasteiger partial charge in [-0.3, -0.25) is 0 Å². The van der Waals surface area contributed by atoms with Crippen molar-refractivity contribution in [3.05, 3.63) is 33.7 Å². The van der Waals surface area contributed by atoms with Gasteiger partial charge in [-0.15, -0.1) is 5.10 Å². The summed E-state index contributed by atoms with van der Waals surface area (Å²) in [5, 5.41) is 7.43. The number of anilines is 1. The molecule has 0 spiro atoms. The van der Waals surface area contributed by atoms with Gasteiger partial charge in [0, 0.05) is 9.99 Å². The molecule has 0 saturated heterocycles. The minimum Gasteiger partial charge on any atom is -0.407 e. The first-order valence-corrected chi connectivity index (χ1v) is 8.19. The summed E-state index contributed by atoms with van der Waals surface area (Å²) >= 11 is 1.96. The molecule has 1 N–H and O–H groups in total. The summed E-state index contributed by atoms with van der Waals surface area (Å²) in [6.45, 7) is 1.97. The first-order chi connectivity index (χ1) is 9.03. The molecule has 0 aliphatic heterocycles. The lowest BCUT2D eigenvalue weighted by Crippen LogP contribution is -2.14. The summed E-state index contributed by atoms with van der Waals surface area (Å²) in [5.41, 5.74) is 0. The predicted molar refractivity (Wildman–Crippen MR) is 78.3 cm³/mol. The van der Waals surface area contributed by atoms with Gasteiger partial charge in [0.2, 0.25) is 5.89 Å². The van der Waals surface area contributed by atoms with Gasteiger partial charge in [0.1, 0.15) is 4.90 Å². The molecule has 0 saturated carbocycles. The molecule has 19 heavy (non-hydrogen) atoms. The highest BCUT2D eigenvalue weighted by atomic mass is 127. The topological polar surface area (TPSA) is 85.1 Å². The Balaban J connectivity index is 2.24. The van der Waals surface area contributed by atoms with Crippen molar-refractivity contribution in [3.63, 3.8) is 0 Å². The van der Waals surface area contributed by atoms with Crippen molar-refractivity contribution < 1.29 is 12.8 Å². The molecule has 102 valence electrons. The zero-order valence-electron chi connectivity index (χ0n) is 10.1. The van der Waals surface area contributed by atoms with Crippen molar-refractivity contribution in [3.8, 4) is 0 Å². The van der Waals surface area contributed by atoms with Crippen LogP contribution in [0.25, 0.3) is 0 Å². The molecule has 1 aromatic carbocycles. The smallest absolute Gasteiger partial charge is 0.329 e. The minimum absolute atomic E-state index is 0.108. The van der Waals surface area contributed by atoms with Crippen LogP contribution < -0.4 is 4.72 Å². The zero-order valence-corrected chi connectivity index (χ0v) is 13.1. The van der Waals surface area contributed by atoms with Gasteiger partial charge < -0.3 is 4.42 Å². The van der Waals surface area contributed by atoms with Crippen molar-refractivity contribution in [1.82, 2.24) is 10.2 Å². The standard InChI is InChI=1S/C11H12IN3O3S/c1-2-5-10-13-14-11(18-10)15-19(16,17)9-7-4-3-6-8(9)12/h3-4,6-7H,2,5H2,1H3,(H,14,15). The van der Waals surface area contributed by atoms with E-state index in [9.17, 15) is 8.42 Å². The van der Waals surface area contributed by atoms with Gasteiger partial charge in [-0.05, 0) is 41.1 Å². The average Bonchev–Trinajstić information content (AvgIpc) is 2.76. The number of aryl methyl sites for hydroxylation is 1. The molecule has 0 radical (unpaired) electrons. The van der Waals surface area contributed by atoms with Gasteiger partial charge in [0.05, 0.1) is 0 Å². The molecule has 0 amide bonds. The fourth-order valence-corrected chi connectivity index (χ4v) is 3.70. The molecule has 0 aliphatic carbocycles. The molecule has 1 heterocycles. The Morgan fingerprint density at radius 1 is 1.32 bits per heavy atom. The van der Waals surface area contributed by atoms with Gasteiger partial charge >= 0.3 is 6.01 Å². The largest absolute Gasteiger partial charge is 0.407 e. The lowest BCUT2D eigenvalue weighted by molar-refractivity contribution is 0.504. The predicted octanol–water partition coefficient (Wildman–Crippen LogP) is 2.43. The van der Waals surface area contributed by atoms with Gasteiger partial charge in [0.25, 0.3) is 10.0 Å². The van der Waals surface area contributed by atoms with Gasteiger partial charge in [-0.25, -0.2) is 13.1 Å². The van der Waals surface area contributed by atoms with E-state index in [2.05, 4.69) is 14.9 Å². The number of rotatable bonds is 5. The third kappa shape index (κ3) is 3.44. The van der Waals surface area contributed by atoms with Crippen molar-refractivity contribution >= 4 is 38.6 Å². The normalized spacial score (nSPS) is 11.5. The SMILES string of the molecule is CCCc1nnc(NS(=O)(=O)c2ccccc2I)o1. The van der Waals surface area contributed by atoms with E-state index in [0.29, 0.717) is 15.9 Å². The van der Waals surface area contributed by atoms with Gasteiger partial charge in [-0.2, -0.15) is 0 Å². The monoisotopic (exact) mass is 393 g/mol. The van der Waals surface area contributed by atoms with E-state index < -0.39 is 10.0 Å². The van der Waals surface area contributed by atoms with E-state index in [1.807, 2.05) is 29.5 Å². The Kier molecular flexibility index (Phi) is 4.40. The first-order valence-electron chi connectivity index (χ1n) is 5.62. The van der Waals surface area contributed by atoms with Crippen LogP contribution in [-0.4, -0.2) is 18.6 Å². The molecule has 2 rings (SSSR count). The summed E-state index contributed by atoms with van der Waals surface area (Å²) in [7, 11) is -3.70. The van der Waals surface area contributed by atoms with Crippen LogP contribution in [0.4, 0.5) is 6.01 Å². The first kappa shape index (κ1) is 14.3. The summed E-state index contributed by atoms with van der Waals surface area (Å²) in [4.78, 5) is 0.186. The second-order valence-corrected chi connectivity index (χ2v) is 6.60. The van der Waals surface area contributed by atoms with Crippen LogP contribution in [0.2, 0.25) is 0 Å². The molecule has 0 bridgehead atoms. The fourth-order valence-electron chi connectivity index (χ4n) is 1.44. The van der Waals surface area contributed by atoms with Crippen LogP contribution in [-0.2, 0) is 16.4 Å². The molecule has 0 unspecified atom stereocenters. The summed E-state index contributed by atoms with van der Waals surface area (Å²) in [5.74, 6) is 0.419. The third-order valence-electron chi connectivity index (χ3n) is 2.28. The Morgan fingerprint density at radius 3 is 2.74 bits per heavy atom. The second kappa shape index (κ2) is 5.87. The molecule has 1 aromatic heterocycles. The second-order valence-electron chi connectivity index (χ2n) is 3.79. The van der Waals surface area contributed by atoms with Crippen LogP contribution in [0.3, 0.4) is 0 Å². The van der Waals surface area contributed by atoms with Crippen LogP contribution in [0.15, 0.2) is 33.6 Å². The molecular weight excluding hydrogens is 381 g/mol. The van der Waals surface area contributed by atoms with E-state index >= 15 is 0 Å². The minimum atomic E-state index is -3.70. The highest BCUT2D eigenvalue weighted by Gasteiger charge is 2.20. The number of benzene rings is 1. The summed E-state index contributed by atoms with van der Waals surface area (Å²) < 4.78 is 32.4. The number of hydrogen-bond donors (Lipinski definition) is 1. The molecule has 6 nitrogen and oxygen atoms in total. The van der Waals surface area contributed by atoms with E-state index in [1.54, 1.807) is 18.2 Å². The van der Waals surface area contributed by atoms with E-state index in [0.717, 1.165) is 6.42 Å². The number of aromatic nitrogens is 2. The number of nitrogens with zero attached hydrogens (tertiary/aromatic N) is 2. The van der Waals surface area contributed by atoms with Gasteiger partial charge in [0.15, 0.2) is 0 Å². The van der Waals surface area contributed by atoms with Gasteiger partial charge in [-0.1, -0.05) is 24.2 Å². The van der Waals surface area contributed by atoms with E-state index in [4.69, 9.17) is 4.42 Å². The lowest BCUT2D eigenvalue weighted by Gasteiger charge is -2.05. The molecule has 0 atom stereocenters. The maximum absolute atomic E-state index is 12.1. The van der Waals surface area contributed by atoms with Crippen LogP contribution in [0, 0.1) is 3.57 Å². The van der Waals surface area contributed by atoms with Crippen molar-refractivity contribution in [1.29, 1.82) is 0 Å².